The smallest absolute Gasteiger partial charge is 0.143 e. The molecule has 0 N–H and O–H groups in total. The van der Waals surface area contributed by atoms with Crippen LogP contribution in [-0.2, 0) is 0 Å². The average molecular weight is 335 g/mol. The molecule has 116 valence electrons. The van der Waals surface area contributed by atoms with Crippen molar-refractivity contribution in [1.82, 2.24) is 0 Å². The van der Waals surface area contributed by atoms with Crippen molar-refractivity contribution in [3.05, 3.63) is 70.3 Å². The van der Waals surface area contributed by atoms with Gasteiger partial charge in [-0.3, -0.25) is 0 Å². The van der Waals surface area contributed by atoms with Crippen LogP contribution in [0.2, 0.25) is 0 Å². The molecule has 1 nitrogen and oxygen atoms in total. The van der Waals surface area contributed by atoms with Crippen LogP contribution in [0, 0.1) is 35.4 Å². The lowest BCUT2D eigenvalue weighted by atomic mass is 10.1. The van der Waals surface area contributed by atoms with E-state index >= 15 is 0 Å². The van der Waals surface area contributed by atoms with Crippen molar-refractivity contribution in [2.24, 2.45) is 4.99 Å². The lowest BCUT2D eigenvalue weighted by Gasteiger charge is -1.99. The standard InChI is InChI=1S/C20H11F2NS/c21-19-11-15(12-20(22)18(19)9-10-23-13-24)2-1-14-3-5-16(6-4-14)17-7-8-17/h3-6,11-12,17H,7-8H2. The minimum absolute atomic E-state index is 0.250. The van der Waals surface area contributed by atoms with Crippen LogP contribution in [-0.4, -0.2) is 5.16 Å². The Balaban J connectivity index is 1.83. The van der Waals surface area contributed by atoms with Crippen molar-refractivity contribution < 1.29 is 8.78 Å². The molecule has 0 bridgehead atoms. The van der Waals surface area contributed by atoms with Gasteiger partial charge in [-0.25, -0.2) is 8.78 Å². The van der Waals surface area contributed by atoms with Crippen LogP contribution >= 0.6 is 12.2 Å². The van der Waals surface area contributed by atoms with Crippen LogP contribution < -0.4 is 0 Å². The zero-order valence-corrected chi connectivity index (χ0v) is 13.4. The van der Waals surface area contributed by atoms with Gasteiger partial charge in [-0.15, -0.1) is 4.99 Å². The van der Waals surface area contributed by atoms with Crippen molar-refractivity contribution in [3.8, 4) is 23.8 Å². The lowest BCUT2D eigenvalue weighted by Crippen LogP contribution is -1.92. The predicted octanol–water partition coefficient (Wildman–Crippen LogP) is 4.65. The number of nitrogens with zero attached hydrogens (tertiary/aromatic N) is 1. The number of benzene rings is 2. The minimum atomic E-state index is -0.782. The van der Waals surface area contributed by atoms with Crippen LogP contribution in [0.4, 0.5) is 8.78 Å². The molecule has 4 heteroatoms. The molecule has 2 aromatic carbocycles. The first kappa shape index (κ1) is 16.1. The number of rotatable bonds is 1. The van der Waals surface area contributed by atoms with E-state index in [-0.39, 0.29) is 11.1 Å². The molecule has 0 spiro atoms. The summed E-state index contributed by atoms with van der Waals surface area (Å²) in [4.78, 5) is 3.31. The summed E-state index contributed by atoms with van der Waals surface area (Å²) in [5.74, 6) is 7.07. The molecule has 1 saturated carbocycles. The average Bonchev–Trinajstić information content (AvgIpc) is 3.41. The topological polar surface area (TPSA) is 12.4 Å². The fourth-order valence-corrected chi connectivity index (χ4v) is 2.32. The molecule has 0 unspecified atom stereocenters. The molecular formula is C20H11F2NS. The largest absolute Gasteiger partial charge is 0.205 e. The van der Waals surface area contributed by atoms with Gasteiger partial charge in [0.05, 0.1) is 16.8 Å². The second-order valence-corrected chi connectivity index (χ2v) is 5.58. The van der Waals surface area contributed by atoms with Crippen LogP contribution in [0.15, 0.2) is 41.4 Å². The highest BCUT2D eigenvalue weighted by atomic mass is 32.1. The van der Waals surface area contributed by atoms with Crippen molar-refractivity contribution in [2.45, 2.75) is 18.8 Å². The van der Waals surface area contributed by atoms with Gasteiger partial charge >= 0.3 is 0 Å². The zero-order valence-electron chi connectivity index (χ0n) is 12.6. The Labute approximate surface area is 144 Å². The maximum absolute atomic E-state index is 13.9. The lowest BCUT2D eigenvalue weighted by molar-refractivity contribution is 0.577. The molecule has 0 atom stereocenters. The van der Waals surface area contributed by atoms with Gasteiger partial charge in [0.2, 0.25) is 0 Å². The third kappa shape index (κ3) is 3.94. The van der Waals surface area contributed by atoms with Crippen molar-refractivity contribution in [3.63, 3.8) is 0 Å². The first-order valence-electron chi connectivity index (χ1n) is 7.36. The zero-order chi connectivity index (χ0) is 16.9. The van der Waals surface area contributed by atoms with E-state index in [1.165, 1.54) is 18.4 Å². The summed E-state index contributed by atoms with van der Waals surface area (Å²) >= 11 is 4.34. The highest BCUT2D eigenvalue weighted by Crippen LogP contribution is 2.39. The fraction of sp³-hybridized carbons (Fsp3) is 0.150. The number of aliphatic imine (C=N–C) groups is 1. The Bertz CT molecular complexity index is 922. The van der Waals surface area contributed by atoms with Crippen LogP contribution in [0.3, 0.4) is 0 Å². The van der Waals surface area contributed by atoms with Crippen LogP contribution in [0.1, 0.15) is 41.0 Å². The SMILES string of the molecule is Fc1cc(C#Cc2ccc(C3CC3)cc2)cc(F)c1C#CN=C=S. The second kappa shape index (κ2) is 7.20. The van der Waals surface area contributed by atoms with E-state index in [4.69, 9.17) is 0 Å². The molecule has 0 aliphatic heterocycles. The molecule has 1 aliphatic rings. The molecule has 1 aliphatic carbocycles. The first-order valence-corrected chi connectivity index (χ1v) is 7.77. The molecule has 0 aromatic heterocycles. The third-order valence-corrected chi connectivity index (χ3v) is 3.73. The van der Waals surface area contributed by atoms with Crippen molar-refractivity contribution in [2.75, 3.05) is 0 Å². The molecular weight excluding hydrogens is 324 g/mol. The van der Waals surface area contributed by atoms with Gasteiger partial charge in [-0.05, 0) is 66.7 Å². The molecule has 1 fully saturated rings. The van der Waals surface area contributed by atoms with E-state index in [1.807, 2.05) is 17.3 Å². The number of thiocarbonyl (C=S) groups is 1. The van der Waals surface area contributed by atoms with E-state index in [2.05, 4.69) is 53.1 Å². The normalized spacial score (nSPS) is 12.2. The summed E-state index contributed by atoms with van der Waals surface area (Å²) < 4.78 is 27.8. The molecule has 0 saturated heterocycles. The Morgan fingerprint density at radius 3 is 2.12 bits per heavy atom. The van der Waals surface area contributed by atoms with E-state index in [0.29, 0.717) is 5.92 Å². The number of isothiocyanates is 1. The maximum atomic E-state index is 13.9. The van der Waals surface area contributed by atoms with Crippen molar-refractivity contribution >= 4 is 17.4 Å². The van der Waals surface area contributed by atoms with Gasteiger partial charge in [0, 0.05) is 11.1 Å². The van der Waals surface area contributed by atoms with Gasteiger partial charge in [-0.2, -0.15) is 0 Å². The van der Waals surface area contributed by atoms with Gasteiger partial charge in [0.15, 0.2) is 0 Å². The number of hydrogen-bond acceptors (Lipinski definition) is 2. The van der Waals surface area contributed by atoms with E-state index in [9.17, 15) is 8.78 Å². The van der Waals surface area contributed by atoms with E-state index in [1.54, 1.807) is 0 Å². The Hall–Kier alpha value is -2.78. The highest BCUT2D eigenvalue weighted by molar-refractivity contribution is 7.78. The second-order valence-electron chi connectivity index (χ2n) is 5.40. The molecule has 0 radical (unpaired) electrons. The number of hydrogen-bond donors (Lipinski definition) is 0. The monoisotopic (exact) mass is 335 g/mol. The summed E-state index contributed by atoms with van der Waals surface area (Å²) in [6, 6.07) is 12.4. The quantitative estimate of drug-likeness (QED) is 0.420. The van der Waals surface area contributed by atoms with Crippen LogP contribution in [0.25, 0.3) is 0 Å². The van der Waals surface area contributed by atoms with Gasteiger partial charge in [-0.1, -0.05) is 24.0 Å². The van der Waals surface area contributed by atoms with Gasteiger partial charge in [0.1, 0.15) is 11.6 Å². The summed E-state index contributed by atoms with van der Waals surface area (Å²) in [7, 11) is 0. The number of halogens is 2. The van der Waals surface area contributed by atoms with E-state index in [0.717, 1.165) is 17.7 Å². The summed E-state index contributed by atoms with van der Waals surface area (Å²) in [6.45, 7) is 0. The van der Waals surface area contributed by atoms with Crippen LogP contribution in [0.5, 0.6) is 0 Å². The Morgan fingerprint density at radius 2 is 1.54 bits per heavy atom. The van der Waals surface area contributed by atoms with Gasteiger partial charge < -0.3 is 0 Å². The molecule has 0 heterocycles. The first-order chi connectivity index (χ1) is 11.7. The summed E-state index contributed by atoms with van der Waals surface area (Å²) in [5.41, 5.74) is 2.02. The minimum Gasteiger partial charge on any atom is -0.205 e. The Morgan fingerprint density at radius 1 is 0.917 bits per heavy atom. The third-order valence-electron chi connectivity index (χ3n) is 3.64. The molecule has 0 amide bonds. The predicted molar refractivity (Wildman–Crippen MR) is 92.7 cm³/mol. The molecule has 2 aromatic rings. The van der Waals surface area contributed by atoms with Gasteiger partial charge in [0.25, 0.3) is 0 Å². The summed E-state index contributed by atoms with van der Waals surface area (Å²) in [6.07, 6.45) is 2.49. The molecule has 3 rings (SSSR count). The van der Waals surface area contributed by atoms with E-state index < -0.39 is 11.6 Å². The molecule has 24 heavy (non-hydrogen) atoms. The summed E-state index contributed by atoms with van der Waals surface area (Å²) in [5, 5.41) is 2.01. The highest BCUT2D eigenvalue weighted by Gasteiger charge is 2.22. The fourth-order valence-electron chi connectivity index (χ4n) is 2.27. The maximum Gasteiger partial charge on any atom is 0.143 e. The van der Waals surface area contributed by atoms with Crippen molar-refractivity contribution in [1.29, 1.82) is 0 Å². The Kier molecular flexibility index (Phi) is 4.82.